The highest BCUT2D eigenvalue weighted by Crippen LogP contribution is 2.53. The fourth-order valence-electron chi connectivity index (χ4n) is 2.97. The minimum Gasteiger partial charge on any atom is -0.397 e. The Balaban J connectivity index is 1.95. The molecule has 1 heterocycles. The second kappa shape index (κ2) is 5.01. The molecule has 0 amide bonds. The minimum absolute atomic E-state index is 0.00213. The summed E-state index contributed by atoms with van der Waals surface area (Å²) in [5, 5.41) is 4.86. The van der Waals surface area contributed by atoms with E-state index in [-0.39, 0.29) is 17.2 Å². The molecule has 0 aliphatic heterocycles. The Hall–Kier alpha value is -1.03. The Labute approximate surface area is 131 Å². The van der Waals surface area contributed by atoms with Crippen molar-refractivity contribution in [2.24, 2.45) is 11.8 Å². The van der Waals surface area contributed by atoms with Crippen LogP contribution >= 0.6 is 11.3 Å². The van der Waals surface area contributed by atoms with E-state index in [2.05, 4.69) is 19.2 Å². The van der Waals surface area contributed by atoms with Gasteiger partial charge in [-0.05, 0) is 51.4 Å². The number of Topliss-reactive ketones (excluding diaryl/α,β-unsaturated/α-hetero) is 1. The van der Waals surface area contributed by atoms with Crippen molar-refractivity contribution in [3.8, 4) is 0 Å². The largest absolute Gasteiger partial charge is 0.397 e. The predicted molar refractivity (Wildman–Crippen MR) is 90.3 cm³/mol. The van der Waals surface area contributed by atoms with Crippen LogP contribution < -0.4 is 11.1 Å². The maximum absolute atomic E-state index is 12.4. The first-order valence-corrected chi connectivity index (χ1v) is 8.87. The molecule has 0 bridgehead atoms. The van der Waals surface area contributed by atoms with Crippen LogP contribution in [0.1, 0.15) is 74.5 Å². The van der Waals surface area contributed by atoms with Crippen molar-refractivity contribution in [1.29, 1.82) is 0 Å². The lowest BCUT2D eigenvalue weighted by Gasteiger charge is -2.27. The van der Waals surface area contributed by atoms with Crippen LogP contribution in [0.15, 0.2) is 0 Å². The third kappa shape index (κ3) is 2.83. The van der Waals surface area contributed by atoms with Crippen molar-refractivity contribution in [2.45, 2.75) is 64.8 Å². The van der Waals surface area contributed by atoms with Crippen LogP contribution in [-0.2, 0) is 0 Å². The van der Waals surface area contributed by atoms with Crippen LogP contribution in [0.5, 0.6) is 0 Å². The number of thiophene rings is 1. The molecule has 116 valence electrons. The van der Waals surface area contributed by atoms with E-state index in [1.54, 1.807) is 11.3 Å². The van der Waals surface area contributed by atoms with Gasteiger partial charge in [-0.15, -0.1) is 11.3 Å². The average molecular weight is 306 g/mol. The van der Waals surface area contributed by atoms with E-state index < -0.39 is 0 Å². The number of ketones is 1. The van der Waals surface area contributed by atoms with E-state index in [9.17, 15) is 4.79 Å². The molecule has 0 aromatic carbocycles. The normalized spacial score (nSPS) is 19.1. The first-order valence-electron chi connectivity index (χ1n) is 8.05. The Morgan fingerprint density at radius 2 is 1.90 bits per heavy atom. The smallest absolute Gasteiger partial charge is 0.177 e. The zero-order valence-corrected chi connectivity index (χ0v) is 14.3. The molecule has 2 aliphatic carbocycles. The maximum Gasteiger partial charge on any atom is 0.177 e. The van der Waals surface area contributed by atoms with Crippen LogP contribution in [-0.4, -0.2) is 11.3 Å². The lowest BCUT2D eigenvalue weighted by Crippen LogP contribution is -2.33. The summed E-state index contributed by atoms with van der Waals surface area (Å²) in [7, 11) is 0. The number of nitrogens with one attached hydrogen (secondary N) is 1. The van der Waals surface area contributed by atoms with Crippen molar-refractivity contribution < 1.29 is 4.79 Å². The number of carbonyl (C=O) groups is 1. The molecule has 2 fully saturated rings. The van der Waals surface area contributed by atoms with Gasteiger partial charge < -0.3 is 11.1 Å². The molecule has 0 radical (unpaired) electrons. The summed E-state index contributed by atoms with van der Waals surface area (Å²) in [5.41, 5.74) is 8.41. The van der Waals surface area contributed by atoms with Gasteiger partial charge in [0, 0.05) is 17.0 Å². The van der Waals surface area contributed by atoms with Gasteiger partial charge in [0.05, 0.1) is 15.6 Å². The van der Waals surface area contributed by atoms with Gasteiger partial charge in [0.25, 0.3) is 0 Å². The molecule has 3 rings (SSSR count). The SMILES string of the molecule is CC(C)C(=O)c1sc(NC(C)(C)C2CC2)c(C2CC2)c1N. The molecular formula is C17H26N2OS. The van der Waals surface area contributed by atoms with Gasteiger partial charge in [0.2, 0.25) is 0 Å². The van der Waals surface area contributed by atoms with Crippen molar-refractivity contribution in [3.63, 3.8) is 0 Å². The van der Waals surface area contributed by atoms with Gasteiger partial charge in [-0.1, -0.05) is 13.8 Å². The zero-order valence-electron chi connectivity index (χ0n) is 13.5. The van der Waals surface area contributed by atoms with Gasteiger partial charge in [-0.25, -0.2) is 0 Å². The predicted octanol–water partition coefficient (Wildman–Crippen LogP) is 4.65. The Morgan fingerprint density at radius 1 is 1.29 bits per heavy atom. The summed E-state index contributed by atoms with van der Waals surface area (Å²) in [4.78, 5) is 13.2. The Morgan fingerprint density at radius 3 is 2.38 bits per heavy atom. The molecule has 0 saturated heterocycles. The molecule has 21 heavy (non-hydrogen) atoms. The number of nitrogens with two attached hydrogens (primary N) is 1. The van der Waals surface area contributed by atoms with Crippen molar-refractivity contribution in [3.05, 3.63) is 10.4 Å². The van der Waals surface area contributed by atoms with E-state index in [0.717, 1.165) is 21.5 Å². The third-order valence-corrected chi connectivity index (χ3v) is 5.90. The quantitative estimate of drug-likeness (QED) is 0.752. The summed E-state index contributed by atoms with van der Waals surface area (Å²) in [6, 6.07) is 0. The molecule has 0 spiro atoms. The molecule has 3 N–H and O–H groups in total. The van der Waals surface area contributed by atoms with Crippen LogP contribution in [0.25, 0.3) is 0 Å². The molecular weight excluding hydrogens is 280 g/mol. The maximum atomic E-state index is 12.4. The van der Waals surface area contributed by atoms with Crippen LogP contribution in [0, 0.1) is 11.8 Å². The molecule has 1 aromatic heterocycles. The number of rotatable bonds is 6. The highest BCUT2D eigenvalue weighted by molar-refractivity contribution is 7.19. The molecule has 4 heteroatoms. The van der Waals surface area contributed by atoms with E-state index in [0.29, 0.717) is 5.92 Å². The fourth-order valence-corrected chi connectivity index (χ4v) is 4.43. The molecule has 1 aromatic rings. The number of anilines is 2. The van der Waals surface area contributed by atoms with Crippen molar-refractivity contribution in [2.75, 3.05) is 11.1 Å². The van der Waals surface area contributed by atoms with Crippen molar-refractivity contribution >= 4 is 27.8 Å². The topological polar surface area (TPSA) is 55.1 Å². The molecule has 2 aliphatic rings. The highest BCUT2D eigenvalue weighted by atomic mass is 32.1. The van der Waals surface area contributed by atoms with Gasteiger partial charge >= 0.3 is 0 Å². The van der Waals surface area contributed by atoms with Gasteiger partial charge in [0.15, 0.2) is 5.78 Å². The fraction of sp³-hybridized carbons (Fsp3) is 0.706. The highest BCUT2D eigenvalue weighted by Gasteiger charge is 2.40. The standard InChI is InChI=1S/C17H26N2OS/c1-9(2)14(20)15-13(18)12(10-5-6-10)16(21-15)19-17(3,4)11-7-8-11/h9-11,19H,5-8,18H2,1-4H3. The van der Waals surface area contributed by atoms with Gasteiger partial charge in [0.1, 0.15) is 0 Å². The van der Waals surface area contributed by atoms with Crippen molar-refractivity contribution in [1.82, 2.24) is 0 Å². The van der Waals surface area contributed by atoms with E-state index in [4.69, 9.17) is 5.73 Å². The first kappa shape index (κ1) is 14.9. The van der Waals surface area contributed by atoms with E-state index in [1.165, 1.54) is 31.2 Å². The van der Waals surface area contributed by atoms with E-state index >= 15 is 0 Å². The Kier molecular flexibility index (Phi) is 3.55. The van der Waals surface area contributed by atoms with E-state index in [1.807, 2.05) is 13.8 Å². The van der Waals surface area contributed by atoms with Crippen LogP contribution in [0.4, 0.5) is 10.7 Å². The molecule has 0 atom stereocenters. The first-order chi connectivity index (χ1) is 9.81. The zero-order chi connectivity index (χ0) is 15.4. The second-order valence-electron chi connectivity index (χ2n) is 7.50. The summed E-state index contributed by atoms with van der Waals surface area (Å²) in [6.07, 6.45) is 5.01. The third-order valence-electron chi connectivity index (χ3n) is 4.75. The van der Waals surface area contributed by atoms with Crippen LogP contribution in [0.2, 0.25) is 0 Å². The minimum atomic E-state index is 0.00213. The number of carbonyl (C=O) groups excluding carboxylic acids is 1. The summed E-state index contributed by atoms with van der Waals surface area (Å²) >= 11 is 1.58. The van der Waals surface area contributed by atoms with Crippen LogP contribution in [0.3, 0.4) is 0 Å². The molecule has 3 nitrogen and oxygen atoms in total. The lowest BCUT2D eigenvalue weighted by atomic mass is 9.98. The summed E-state index contributed by atoms with van der Waals surface area (Å²) in [5.74, 6) is 1.49. The van der Waals surface area contributed by atoms with Gasteiger partial charge in [-0.2, -0.15) is 0 Å². The average Bonchev–Trinajstić information content (AvgIpc) is 3.25. The monoisotopic (exact) mass is 306 g/mol. The lowest BCUT2D eigenvalue weighted by molar-refractivity contribution is 0.0944. The summed E-state index contributed by atoms with van der Waals surface area (Å²) < 4.78 is 0. The number of nitrogen functional groups attached to an aromatic ring is 1. The Bertz CT molecular complexity index is 566. The van der Waals surface area contributed by atoms with Gasteiger partial charge in [-0.3, -0.25) is 4.79 Å². The molecule has 2 saturated carbocycles. The number of hydrogen-bond donors (Lipinski definition) is 2. The number of hydrogen-bond acceptors (Lipinski definition) is 4. The second-order valence-corrected chi connectivity index (χ2v) is 8.52. The summed E-state index contributed by atoms with van der Waals surface area (Å²) in [6.45, 7) is 8.42. The molecule has 0 unspecified atom stereocenters.